The number of carbonyl (C=O) groups is 2. The van der Waals surface area contributed by atoms with Crippen molar-refractivity contribution in [3.05, 3.63) is 65.5 Å². The molecule has 0 bridgehead atoms. The third-order valence-corrected chi connectivity index (χ3v) is 7.41. The molecule has 1 atom stereocenters. The quantitative estimate of drug-likeness (QED) is 0.464. The lowest BCUT2D eigenvalue weighted by Gasteiger charge is -2.29. The topological polar surface area (TPSA) is 95.6 Å². The number of nitrogens with one attached hydrogen (secondary N) is 2. The normalized spacial score (nSPS) is 14.5. The molecule has 0 saturated heterocycles. The molecule has 1 unspecified atom stereocenters. The first-order valence-electron chi connectivity index (χ1n) is 12.0. The van der Waals surface area contributed by atoms with Crippen LogP contribution in [-0.4, -0.2) is 43.8 Å². The number of hydrogen-bond donors (Lipinski definition) is 2. The van der Waals surface area contributed by atoms with Gasteiger partial charge in [0.15, 0.2) is 0 Å². The first kappa shape index (κ1) is 26.8. The van der Waals surface area contributed by atoms with Crippen molar-refractivity contribution in [2.24, 2.45) is 5.92 Å². The maximum absolute atomic E-state index is 13.3. The third-order valence-electron chi connectivity index (χ3n) is 5.88. The van der Waals surface area contributed by atoms with E-state index >= 15 is 0 Å². The van der Waals surface area contributed by atoms with Crippen molar-refractivity contribution in [3.63, 3.8) is 0 Å². The molecule has 1 saturated carbocycles. The maximum atomic E-state index is 13.3. The molecule has 7 nitrogen and oxygen atoms in total. The van der Waals surface area contributed by atoms with E-state index < -0.39 is 16.1 Å². The zero-order valence-electron chi connectivity index (χ0n) is 20.5. The van der Waals surface area contributed by atoms with Crippen LogP contribution in [-0.2, 0) is 32.6 Å². The van der Waals surface area contributed by atoms with Gasteiger partial charge in [0.05, 0.1) is 4.90 Å². The molecule has 2 aromatic rings. The Morgan fingerprint density at radius 2 is 1.60 bits per heavy atom. The van der Waals surface area contributed by atoms with Crippen molar-refractivity contribution in [3.8, 4) is 0 Å². The van der Waals surface area contributed by atoms with E-state index in [9.17, 15) is 22.4 Å². The molecule has 0 aliphatic heterocycles. The highest BCUT2D eigenvalue weighted by Crippen LogP contribution is 2.22. The summed E-state index contributed by atoms with van der Waals surface area (Å²) in [6, 6.07) is 11.7. The highest BCUT2D eigenvalue weighted by atomic mass is 32.2. The predicted molar refractivity (Wildman–Crippen MR) is 132 cm³/mol. The summed E-state index contributed by atoms with van der Waals surface area (Å²) in [7, 11) is -3.52. The molecule has 3 rings (SSSR count). The standard InChI is InChI=1S/C26H34FN3O4S/c1-18(2)16-28-26(32)19(3)30(17-21-4-9-22(27)10-5-21)25(31)15-8-20-6-13-24(14-7-20)35(33,34)29-23-11-12-23/h4-7,9-10,13-14,18-19,23,29H,8,11-12,15-17H2,1-3H3,(H,28,32). The van der Waals surface area contributed by atoms with Gasteiger partial charge in [0.25, 0.3) is 0 Å². The second kappa shape index (κ2) is 11.8. The number of rotatable bonds is 12. The largest absolute Gasteiger partial charge is 0.354 e. The van der Waals surface area contributed by atoms with Crippen LogP contribution < -0.4 is 10.0 Å². The first-order valence-corrected chi connectivity index (χ1v) is 13.5. The molecule has 9 heteroatoms. The van der Waals surface area contributed by atoms with E-state index in [2.05, 4.69) is 10.0 Å². The molecule has 0 aromatic heterocycles. The fourth-order valence-corrected chi connectivity index (χ4v) is 4.85. The van der Waals surface area contributed by atoms with Gasteiger partial charge in [-0.3, -0.25) is 9.59 Å². The van der Waals surface area contributed by atoms with Crippen LogP contribution in [0, 0.1) is 11.7 Å². The first-order chi connectivity index (χ1) is 16.5. The van der Waals surface area contributed by atoms with E-state index in [0.717, 1.165) is 24.0 Å². The Hall–Kier alpha value is -2.78. The minimum Gasteiger partial charge on any atom is -0.354 e. The van der Waals surface area contributed by atoms with Crippen molar-refractivity contribution in [2.75, 3.05) is 6.54 Å². The molecule has 1 aliphatic carbocycles. The van der Waals surface area contributed by atoms with Crippen LogP contribution in [0.4, 0.5) is 4.39 Å². The molecule has 1 aliphatic rings. The van der Waals surface area contributed by atoms with Crippen LogP contribution in [0.2, 0.25) is 0 Å². The van der Waals surface area contributed by atoms with Gasteiger partial charge in [-0.15, -0.1) is 0 Å². The second-order valence-corrected chi connectivity index (χ2v) is 11.2. The highest BCUT2D eigenvalue weighted by molar-refractivity contribution is 7.89. The van der Waals surface area contributed by atoms with Gasteiger partial charge in [0.2, 0.25) is 21.8 Å². The number of halogens is 1. The predicted octanol–water partition coefficient (Wildman–Crippen LogP) is 3.39. The molecular weight excluding hydrogens is 469 g/mol. The van der Waals surface area contributed by atoms with E-state index in [1.807, 2.05) is 13.8 Å². The van der Waals surface area contributed by atoms with Gasteiger partial charge >= 0.3 is 0 Å². The van der Waals surface area contributed by atoms with Crippen LogP contribution in [0.15, 0.2) is 53.4 Å². The van der Waals surface area contributed by atoms with Crippen molar-refractivity contribution in [2.45, 2.75) is 70.0 Å². The zero-order valence-corrected chi connectivity index (χ0v) is 21.3. The summed E-state index contributed by atoms with van der Waals surface area (Å²) in [5.41, 5.74) is 1.54. The summed E-state index contributed by atoms with van der Waals surface area (Å²) in [5, 5.41) is 2.87. The molecule has 1 fully saturated rings. The van der Waals surface area contributed by atoms with Gasteiger partial charge in [0.1, 0.15) is 11.9 Å². The number of aryl methyl sites for hydroxylation is 1. The summed E-state index contributed by atoms with van der Waals surface area (Å²) in [6.45, 7) is 6.35. The minimum absolute atomic E-state index is 0.0316. The molecule has 0 spiro atoms. The molecule has 2 amide bonds. The van der Waals surface area contributed by atoms with Crippen LogP contribution in [0.5, 0.6) is 0 Å². The van der Waals surface area contributed by atoms with Crippen molar-refractivity contribution >= 4 is 21.8 Å². The van der Waals surface area contributed by atoms with Gasteiger partial charge < -0.3 is 10.2 Å². The van der Waals surface area contributed by atoms with E-state index in [-0.39, 0.29) is 47.5 Å². The Morgan fingerprint density at radius 1 is 1.00 bits per heavy atom. The van der Waals surface area contributed by atoms with E-state index in [0.29, 0.717) is 13.0 Å². The Labute approximate surface area is 207 Å². The Morgan fingerprint density at radius 3 is 2.17 bits per heavy atom. The summed E-state index contributed by atoms with van der Waals surface area (Å²) < 4.78 is 40.7. The van der Waals surface area contributed by atoms with E-state index in [1.165, 1.54) is 17.0 Å². The summed E-state index contributed by atoms with van der Waals surface area (Å²) >= 11 is 0. The number of hydrogen-bond acceptors (Lipinski definition) is 4. The van der Waals surface area contributed by atoms with Gasteiger partial charge in [-0.05, 0) is 67.5 Å². The van der Waals surface area contributed by atoms with Crippen molar-refractivity contribution in [1.82, 2.24) is 14.9 Å². The maximum Gasteiger partial charge on any atom is 0.242 e. The third kappa shape index (κ3) is 8.14. The monoisotopic (exact) mass is 503 g/mol. The number of sulfonamides is 1. The molecule has 190 valence electrons. The lowest BCUT2D eigenvalue weighted by molar-refractivity contribution is -0.140. The highest BCUT2D eigenvalue weighted by Gasteiger charge is 2.28. The van der Waals surface area contributed by atoms with Crippen molar-refractivity contribution in [1.29, 1.82) is 0 Å². The molecule has 35 heavy (non-hydrogen) atoms. The Kier molecular flexibility index (Phi) is 9.02. The average molecular weight is 504 g/mol. The summed E-state index contributed by atoms with van der Waals surface area (Å²) in [6.07, 6.45) is 2.27. The van der Waals surface area contributed by atoms with Crippen LogP contribution in [0.1, 0.15) is 51.2 Å². The lowest BCUT2D eigenvalue weighted by Crippen LogP contribution is -2.48. The molecule has 2 aromatic carbocycles. The molecule has 0 radical (unpaired) electrons. The molecule has 2 N–H and O–H groups in total. The van der Waals surface area contributed by atoms with Crippen LogP contribution >= 0.6 is 0 Å². The fourth-order valence-electron chi connectivity index (χ4n) is 3.54. The van der Waals surface area contributed by atoms with Gasteiger partial charge in [-0.25, -0.2) is 17.5 Å². The average Bonchev–Trinajstić information content (AvgIpc) is 3.63. The Balaban J connectivity index is 1.66. The fraction of sp³-hybridized carbons (Fsp3) is 0.462. The van der Waals surface area contributed by atoms with Gasteiger partial charge in [0, 0.05) is 25.6 Å². The van der Waals surface area contributed by atoms with Crippen LogP contribution in [0.25, 0.3) is 0 Å². The van der Waals surface area contributed by atoms with Gasteiger partial charge in [-0.2, -0.15) is 0 Å². The number of benzene rings is 2. The van der Waals surface area contributed by atoms with E-state index in [1.54, 1.807) is 43.3 Å². The summed E-state index contributed by atoms with van der Waals surface area (Å²) in [5.74, 6) is -0.550. The molecular formula is C26H34FN3O4S. The SMILES string of the molecule is CC(C)CNC(=O)C(C)N(Cc1ccc(F)cc1)C(=O)CCc1ccc(S(=O)(=O)NC2CC2)cc1. The smallest absolute Gasteiger partial charge is 0.242 e. The summed E-state index contributed by atoms with van der Waals surface area (Å²) in [4.78, 5) is 27.6. The van der Waals surface area contributed by atoms with E-state index in [4.69, 9.17) is 0 Å². The molecule has 0 heterocycles. The number of carbonyl (C=O) groups excluding carboxylic acids is 2. The second-order valence-electron chi connectivity index (χ2n) is 9.50. The van der Waals surface area contributed by atoms with Crippen LogP contribution in [0.3, 0.4) is 0 Å². The number of amides is 2. The number of nitrogens with zero attached hydrogens (tertiary/aromatic N) is 1. The zero-order chi connectivity index (χ0) is 25.6. The lowest BCUT2D eigenvalue weighted by atomic mass is 10.1. The van der Waals surface area contributed by atoms with Crippen molar-refractivity contribution < 1.29 is 22.4 Å². The minimum atomic E-state index is -3.52. The van der Waals surface area contributed by atoms with Gasteiger partial charge in [-0.1, -0.05) is 38.1 Å². The Bertz CT molecular complexity index is 1110.